The van der Waals surface area contributed by atoms with Crippen molar-refractivity contribution in [1.29, 1.82) is 0 Å². The molecule has 6 N–H and O–H groups in total. The van der Waals surface area contributed by atoms with Gasteiger partial charge < -0.3 is 53.4 Å². The molecule has 0 aliphatic carbocycles. The van der Waals surface area contributed by atoms with E-state index in [1.165, 1.54) is 0 Å². The number of aliphatic carboxylic acids is 2. The third kappa shape index (κ3) is 20.7. The topological polar surface area (TPSA) is 217 Å². The molecular weight excluding hydrogens is 832 g/mol. The van der Waals surface area contributed by atoms with E-state index in [1.807, 2.05) is 102 Å². The number of carbonyl (C=O) groups excluding carboxylic acids is 4. The maximum atomic E-state index is 12.3. The SMILES string of the molecule is CC(C)C[C@H](NC(=O)c1cc[n+](COC(=O)N[C@@H](C)Cc2ccccc2)cc1)C(=O)O.CC(C)C[C@H](NC(=O)c1cc[n+](COC(=O)N[C@@H](C)Cc2ccccc2)cc1)C(=O)O.[Cl-]. The molecule has 2 aromatic heterocycles. The number of rotatable bonds is 20. The van der Waals surface area contributed by atoms with Crippen molar-refractivity contribution in [2.24, 2.45) is 11.8 Å². The van der Waals surface area contributed by atoms with Crippen LogP contribution < -0.4 is 42.8 Å². The molecule has 340 valence electrons. The molecule has 4 rings (SSSR count). The number of amides is 4. The van der Waals surface area contributed by atoms with Crippen molar-refractivity contribution in [2.45, 2.75) is 105 Å². The summed E-state index contributed by atoms with van der Waals surface area (Å²) in [6, 6.07) is 23.8. The Hall–Kier alpha value is -6.55. The van der Waals surface area contributed by atoms with Crippen LogP contribution in [0.4, 0.5) is 9.59 Å². The standard InChI is InChI=1S/2C23H29N3O5.ClH/c2*1-16(2)13-20(22(28)29)25-21(27)19-9-11-26(12-10-19)15-31-23(30)24-17(3)14-18-7-5-4-6-8-18;/h2*4-12,16-17,20H,13-15H2,1-3H3,(H2-,24,25,27,28,29,30);1H/p+1/t2*17-,20-;/m00./s1. The van der Waals surface area contributed by atoms with E-state index >= 15 is 0 Å². The highest BCUT2D eigenvalue weighted by Gasteiger charge is 2.24. The summed E-state index contributed by atoms with van der Waals surface area (Å²) in [5, 5.41) is 29.1. The van der Waals surface area contributed by atoms with Crippen LogP contribution in [0, 0.1) is 11.8 Å². The number of alkyl carbamates (subject to hydrolysis) is 2. The number of carbonyl (C=O) groups is 6. The monoisotopic (exact) mass is 891 g/mol. The van der Waals surface area contributed by atoms with Crippen LogP contribution in [0.25, 0.3) is 0 Å². The van der Waals surface area contributed by atoms with Crippen LogP contribution in [0.5, 0.6) is 0 Å². The van der Waals surface area contributed by atoms with Crippen molar-refractivity contribution in [1.82, 2.24) is 21.3 Å². The summed E-state index contributed by atoms with van der Waals surface area (Å²) in [7, 11) is 0. The second-order valence-corrected chi connectivity index (χ2v) is 15.8. The van der Waals surface area contributed by atoms with E-state index in [2.05, 4.69) is 21.3 Å². The van der Waals surface area contributed by atoms with Gasteiger partial charge in [0, 0.05) is 36.3 Å². The van der Waals surface area contributed by atoms with E-state index in [-0.39, 0.29) is 49.8 Å². The number of benzene rings is 2. The molecule has 0 spiro atoms. The first-order chi connectivity index (χ1) is 29.5. The lowest BCUT2D eigenvalue weighted by molar-refractivity contribution is -0.727. The number of nitrogens with zero attached hydrogens (tertiary/aromatic N) is 2. The lowest BCUT2D eigenvalue weighted by Gasteiger charge is -2.16. The number of ether oxygens (including phenoxy) is 2. The second-order valence-electron chi connectivity index (χ2n) is 15.8. The van der Waals surface area contributed by atoms with E-state index in [9.17, 15) is 39.0 Å². The summed E-state index contributed by atoms with van der Waals surface area (Å²) >= 11 is 0. The van der Waals surface area contributed by atoms with Crippen LogP contribution in [0.1, 0.15) is 86.2 Å². The number of hydrogen-bond donors (Lipinski definition) is 6. The van der Waals surface area contributed by atoms with Gasteiger partial charge in [0.25, 0.3) is 25.3 Å². The minimum absolute atomic E-state index is 0. The minimum atomic E-state index is -1.06. The van der Waals surface area contributed by atoms with E-state index in [1.54, 1.807) is 58.2 Å². The van der Waals surface area contributed by atoms with Crippen molar-refractivity contribution in [2.75, 3.05) is 0 Å². The van der Waals surface area contributed by atoms with Gasteiger partial charge in [-0.2, -0.15) is 9.13 Å². The Kier molecular flexibility index (Phi) is 22.9. The first kappa shape index (κ1) is 52.6. The first-order valence-electron chi connectivity index (χ1n) is 20.5. The molecule has 0 unspecified atom stereocenters. The fraction of sp³-hybridized carbons (Fsp3) is 0.391. The molecule has 2 aromatic carbocycles. The number of halogens is 1. The predicted molar refractivity (Wildman–Crippen MR) is 228 cm³/mol. The van der Waals surface area contributed by atoms with Crippen molar-refractivity contribution in [3.8, 4) is 0 Å². The average Bonchev–Trinajstić information content (AvgIpc) is 3.22. The summed E-state index contributed by atoms with van der Waals surface area (Å²) in [6.07, 6.45) is 7.39. The van der Waals surface area contributed by atoms with Crippen molar-refractivity contribution >= 4 is 35.9 Å². The van der Waals surface area contributed by atoms with Crippen LogP contribution in [0.3, 0.4) is 0 Å². The lowest BCUT2D eigenvalue weighted by Crippen LogP contribution is -3.00. The molecule has 4 amide bonds. The molecule has 0 aliphatic heterocycles. The molecule has 0 bridgehead atoms. The molecule has 0 fully saturated rings. The molecular formula is C46H60ClN6O10+. The van der Waals surface area contributed by atoms with Gasteiger partial charge in [0.1, 0.15) is 12.1 Å². The Morgan fingerprint density at radius 2 is 0.825 bits per heavy atom. The molecule has 4 aromatic rings. The third-order valence-corrected chi connectivity index (χ3v) is 9.12. The van der Waals surface area contributed by atoms with Crippen LogP contribution in [-0.2, 0) is 45.4 Å². The molecule has 0 radical (unpaired) electrons. The van der Waals surface area contributed by atoms with Crippen molar-refractivity contribution < 1.29 is 70.0 Å². The zero-order valence-corrected chi connectivity index (χ0v) is 37.3. The van der Waals surface area contributed by atoms with Crippen LogP contribution in [0.2, 0.25) is 0 Å². The summed E-state index contributed by atoms with van der Waals surface area (Å²) in [5.41, 5.74) is 2.90. The molecule has 4 atom stereocenters. The maximum absolute atomic E-state index is 12.3. The largest absolute Gasteiger partial charge is 1.00 e. The van der Waals surface area contributed by atoms with Gasteiger partial charge in [0.2, 0.25) is 0 Å². The number of pyridine rings is 2. The quantitative estimate of drug-likeness (QED) is 0.0710. The Balaban J connectivity index is 0.000000427. The lowest BCUT2D eigenvalue weighted by atomic mass is 10.0. The van der Waals surface area contributed by atoms with Crippen LogP contribution in [-0.4, -0.2) is 70.3 Å². The molecule has 0 aliphatic rings. The highest BCUT2D eigenvalue weighted by molar-refractivity contribution is 5.97. The third-order valence-electron chi connectivity index (χ3n) is 9.12. The van der Waals surface area contributed by atoms with Gasteiger partial charge >= 0.3 is 24.1 Å². The average molecular weight is 892 g/mol. The van der Waals surface area contributed by atoms with Gasteiger partial charge in [0.15, 0.2) is 24.8 Å². The van der Waals surface area contributed by atoms with E-state index in [0.29, 0.717) is 36.8 Å². The molecule has 16 nitrogen and oxygen atoms in total. The van der Waals surface area contributed by atoms with Crippen LogP contribution in [0.15, 0.2) is 110 Å². The number of hydrogen-bond acceptors (Lipinski definition) is 8. The number of nitrogens with one attached hydrogen (secondary N) is 4. The van der Waals surface area contributed by atoms with Crippen molar-refractivity contribution in [3.05, 3.63) is 132 Å². The number of carboxylic acids is 2. The van der Waals surface area contributed by atoms with Gasteiger partial charge in [-0.15, -0.1) is 0 Å². The van der Waals surface area contributed by atoms with Crippen LogP contribution >= 0.6 is 0 Å². The smallest absolute Gasteiger partial charge is 0.412 e. The van der Waals surface area contributed by atoms with E-state index in [0.717, 1.165) is 11.1 Å². The van der Waals surface area contributed by atoms with E-state index < -0.39 is 48.0 Å². The van der Waals surface area contributed by atoms with Gasteiger partial charge in [-0.05, 0) is 62.5 Å². The first-order valence-corrected chi connectivity index (χ1v) is 20.5. The Morgan fingerprint density at radius 3 is 1.11 bits per heavy atom. The fourth-order valence-corrected chi connectivity index (χ4v) is 6.05. The molecule has 0 saturated carbocycles. The minimum Gasteiger partial charge on any atom is -1.00 e. The summed E-state index contributed by atoms with van der Waals surface area (Å²) < 4.78 is 13.6. The number of aromatic nitrogens is 2. The summed E-state index contributed by atoms with van der Waals surface area (Å²) in [5.74, 6) is -2.78. The maximum Gasteiger partial charge on any atom is 0.412 e. The molecule has 17 heteroatoms. The van der Waals surface area contributed by atoms with E-state index in [4.69, 9.17) is 9.47 Å². The Bertz CT molecular complexity index is 1890. The highest BCUT2D eigenvalue weighted by Crippen LogP contribution is 2.09. The fourth-order valence-electron chi connectivity index (χ4n) is 6.05. The zero-order chi connectivity index (χ0) is 45.6. The zero-order valence-electron chi connectivity index (χ0n) is 36.5. The summed E-state index contributed by atoms with van der Waals surface area (Å²) in [6.45, 7) is 11.3. The Labute approximate surface area is 374 Å². The Morgan fingerprint density at radius 1 is 0.508 bits per heavy atom. The molecule has 0 saturated heterocycles. The predicted octanol–water partition coefficient (Wildman–Crippen LogP) is 2.04. The van der Waals surface area contributed by atoms with Gasteiger partial charge in [0.05, 0.1) is 11.1 Å². The highest BCUT2D eigenvalue weighted by atomic mass is 35.5. The number of carboxylic acid groups (broad SMARTS) is 2. The second kappa shape index (κ2) is 27.4. The van der Waals surface area contributed by atoms with Gasteiger partial charge in [-0.1, -0.05) is 88.4 Å². The normalized spacial score (nSPS) is 12.4. The van der Waals surface area contributed by atoms with Gasteiger partial charge in [-0.3, -0.25) is 9.59 Å². The van der Waals surface area contributed by atoms with Crippen molar-refractivity contribution in [3.63, 3.8) is 0 Å². The van der Waals surface area contributed by atoms with Gasteiger partial charge in [-0.25, -0.2) is 19.2 Å². The molecule has 2 heterocycles. The summed E-state index contributed by atoms with van der Waals surface area (Å²) in [4.78, 5) is 71.2. The molecule has 63 heavy (non-hydrogen) atoms.